The number of anilines is 1. The van der Waals surface area contributed by atoms with Crippen molar-refractivity contribution in [1.82, 2.24) is 20.0 Å². The van der Waals surface area contributed by atoms with Gasteiger partial charge in [-0.15, -0.1) is 10.2 Å². The molecule has 3 amide bonds. The Balaban J connectivity index is 2.23. The summed E-state index contributed by atoms with van der Waals surface area (Å²) in [5, 5.41) is 8.49. The number of thioether (sulfide) groups is 1. The van der Waals surface area contributed by atoms with E-state index in [2.05, 4.69) is 10.2 Å². The molecule has 0 N–H and O–H groups in total. The van der Waals surface area contributed by atoms with Gasteiger partial charge >= 0.3 is 12.1 Å². The van der Waals surface area contributed by atoms with E-state index in [1.807, 2.05) is 13.2 Å². The molecule has 122 valence electrons. The first-order valence-corrected chi connectivity index (χ1v) is 8.85. The molecule has 1 aromatic heterocycles. The summed E-state index contributed by atoms with van der Waals surface area (Å²) in [5.74, 6) is 0. The van der Waals surface area contributed by atoms with E-state index in [0.29, 0.717) is 18.2 Å². The Labute approximate surface area is 137 Å². The molecule has 8 nitrogen and oxygen atoms in total. The first-order valence-electron chi connectivity index (χ1n) is 6.81. The molecular formula is C12H19N5O3S2. The highest BCUT2D eigenvalue weighted by atomic mass is 32.2. The zero-order valence-corrected chi connectivity index (χ0v) is 14.6. The molecule has 0 saturated carbocycles. The number of aromatic nitrogens is 2. The molecule has 1 atom stereocenters. The van der Waals surface area contributed by atoms with Crippen LogP contribution >= 0.6 is 23.1 Å². The Hall–Kier alpha value is -1.55. The standard InChI is InChI=1S/C12H19N5O3S2/c1-5-6-16-7-8(20-12(19)15(2)3)17(11(16)18)9-13-14-10(21-4)22-9/h8H,5-7H2,1-4H3. The molecule has 1 unspecified atom stereocenters. The molecule has 0 aliphatic carbocycles. The van der Waals surface area contributed by atoms with Gasteiger partial charge in [-0.2, -0.15) is 0 Å². The van der Waals surface area contributed by atoms with Gasteiger partial charge in [0.15, 0.2) is 4.34 Å². The Kier molecular flexibility index (Phi) is 5.46. The second kappa shape index (κ2) is 7.14. The number of nitrogens with zero attached hydrogens (tertiary/aromatic N) is 5. The number of carbonyl (C=O) groups is 2. The van der Waals surface area contributed by atoms with Crippen molar-refractivity contribution in [2.45, 2.75) is 23.9 Å². The lowest BCUT2D eigenvalue weighted by molar-refractivity contribution is 0.0784. The summed E-state index contributed by atoms with van der Waals surface area (Å²) in [4.78, 5) is 28.8. The third kappa shape index (κ3) is 3.43. The minimum atomic E-state index is -0.684. The van der Waals surface area contributed by atoms with Crippen molar-refractivity contribution in [2.75, 3.05) is 38.3 Å². The number of rotatable bonds is 5. The van der Waals surface area contributed by atoms with Crippen LogP contribution in [-0.2, 0) is 4.74 Å². The second-order valence-corrected chi connectivity index (χ2v) is 6.90. The zero-order valence-electron chi connectivity index (χ0n) is 13.0. The summed E-state index contributed by atoms with van der Waals surface area (Å²) in [5.41, 5.74) is 0. The molecule has 0 aromatic carbocycles. The van der Waals surface area contributed by atoms with Crippen LogP contribution in [0.5, 0.6) is 0 Å². The highest BCUT2D eigenvalue weighted by Gasteiger charge is 2.42. The van der Waals surface area contributed by atoms with Gasteiger partial charge < -0.3 is 14.5 Å². The lowest BCUT2D eigenvalue weighted by Crippen LogP contribution is -2.39. The highest BCUT2D eigenvalue weighted by Crippen LogP contribution is 2.31. The van der Waals surface area contributed by atoms with Gasteiger partial charge in [0, 0.05) is 20.6 Å². The first-order chi connectivity index (χ1) is 10.5. The molecule has 1 aliphatic heterocycles. The highest BCUT2D eigenvalue weighted by molar-refractivity contribution is 8.00. The van der Waals surface area contributed by atoms with Gasteiger partial charge in [0.2, 0.25) is 11.4 Å². The van der Waals surface area contributed by atoms with Crippen LogP contribution < -0.4 is 4.90 Å². The maximum Gasteiger partial charge on any atom is 0.411 e. The zero-order chi connectivity index (χ0) is 16.3. The van der Waals surface area contributed by atoms with Crippen molar-refractivity contribution in [3.63, 3.8) is 0 Å². The lowest BCUT2D eigenvalue weighted by Gasteiger charge is -2.21. The Morgan fingerprint density at radius 3 is 2.77 bits per heavy atom. The van der Waals surface area contributed by atoms with Gasteiger partial charge in [-0.05, 0) is 12.7 Å². The predicted octanol–water partition coefficient (Wildman–Crippen LogP) is 1.94. The molecule has 0 radical (unpaired) electrons. The van der Waals surface area contributed by atoms with Crippen LogP contribution in [0.3, 0.4) is 0 Å². The topological polar surface area (TPSA) is 78.9 Å². The molecule has 1 saturated heterocycles. The fourth-order valence-electron chi connectivity index (χ4n) is 1.98. The van der Waals surface area contributed by atoms with E-state index in [1.54, 1.807) is 19.0 Å². The maximum absolute atomic E-state index is 12.5. The van der Waals surface area contributed by atoms with Gasteiger partial charge in [0.25, 0.3) is 0 Å². The van der Waals surface area contributed by atoms with Crippen LogP contribution in [0.4, 0.5) is 14.7 Å². The molecule has 1 aliphatic rings. The minimum absolute atomic E-state index is 0.206. The van der Waals surface area contributed by atoms with E-state index >= 15 is 0 Å². The quantitative estimate of drug-likeness (QED) is 0.599. The summed E-state index contributed by atoms with van der Waals surface area (Å²) in [6.07, 6.45) is 1.55. The van der Waals surface area contributed by atoms with Crippen LogP contribution in [0.1, 0.15) is 13.3 Å². The van der Waals surface area contributed by atoms with Crippen molar-refractivity contribution < 1.29 is 14.3 Å². The van der Waals surface area contributed by atoms with Gasteiger partial charge in [-0.25, -0.2) is 14.5 Å². The SMILES string of the molecule is CCCN1CC(OC(=O)N(C)C)N(c2nnc(SC)s2)C1=O. The van der Waals surface area contributed by atoms with Gasteiger partial charge in [-0.3, -0.25) is 0 Å². The van der Waals surface area contributed by atoms with Crippen LogP contribution in [-0.4, -0.2) is 71.8 Å². The number of ether oxygens (including phenoxy) is 1. The maximum atomic E-state index is 12.5. The molecule has 10 heteroatoms. The molecule has 22 heavy (non-hydrogen) atoms. The number of hydrogen-bond acceptors (Lipinski definition) is 7. The summed E-state index contributed by atoms with van der Waals surface area (Å²) >= 11 is 2.77. The monoisotopic (exact) mass is 345 g/mol. The van der Waals surface area contributed by atoms with Crippen LogP contribution in [0.25, 0.3) is 0 Å². The minimum Gasteiger partial charge on any atom is -0.423 e. The van der Waals surface area contributed by atoms with Gasteiger partial charge in [0.05, 0.1) is 6.54 Å². The van der Waals surface area contributed by atoms with Crippen molar-refractivity contribution >= 4 is 40.4 Å². The second-order valence-electron chi connectivity index (χ2n) is 4.89. The Morgan fingerprint density at radius 1 is 1.50 bits per heavy atom. The van der Waals surface area contributed by atoms with E-state index in [0.717, 1.165) is 10.8 Å². The number of carbonyl (C=O) groups excluding carboxylic acids is 2. The first kappa shape index (κ1) is 16.8. The molecule has 2 rings (SSSR count). The fourth-order valence-corrected chi connectivity index (χ4v) is 3.27. The summed E-state index contributed by atoms with van der Waals surface area (Å²) < 4.78 is 6.17. The smallest absolute Gasteiger partial charge is 0.411 e. The molecule has 0 spiro atoms. The van der Waals surface area contributed by atoms with Crippen LogP contribution in [0.15, 0.2) is 4.34 Å². The summed E-state index contributed by atoms with van der Waals surface area (Å²) in [7, 11) is 3.20. The Bertz CT molecular complexity index is 551. The number of urea groups is 1. The van der Waals surface area contributed by atoms with E-state index < -0.39 is 12.3 Å². The molecule has 1 aromatic rings. The van der Waals surface area contributed by atoms with Crippen molar-refractivity contribution in [3.05, 3.63) is 0 Å². The molecular weight excluding hydrogens is 326 g/mol. The van der Waals surface area contributed by atoms with Crippen molar-refractivity contribution in [1.29, 1.82) is 0 Å². The van der Waals surface area contributed by atoms with E-state index in [1.165, 1.54) is 32.9 Å². The van der Waals surface area contributed by atoms with Gasteiger partial charge in [0.1, 0.15) is 0 Å². The van der Waals surface area contributed by atoms with E-state index in [9.17, 15) is 9.59 Å². The van der Waals surface area contributed by atoms with E-state index in [-0.39, 0.29) is 6.03 Å². The lowest BCUT2D eigenvalue weighted by atomic mass is 10.4. The van der Waals surface area contributed by atoms with Crippen LogP contribution in [0.2, 0.25) is 0 Å². The molecule has 0 bridgehead atoms. The predicted molar refractivity (Wildman–Crippen MR) is 85.4 cm³/mol. The number of hydrogen-bond donors (Lipinski definition) is 0. The average Bonchev–Trinajstić information content (AvgIpc) is 3.05. The average molecular weight is 345 g/mol. The van der Waals surface area contributed by atoms with E-state index in [4.69, 9.17) is 4.74 Å². The molecule has 2 heterocycles. The van der Waals surface area contributed by atoms with Crippen molar-refractivity contribution in [2.24, 2.45) is 0 Å². The Morgan fingerprint density at radius 2 is 2.23 bits per heavy atom. The fraction of sp³-hybridized carbons (Fsp3) is 0.667. The van der Waals surface area contributed by atoms with Crippen molar-refractivity contribution in [3.8, 4) is 0 Å². The van der Waals surface area contributed by atoms with Gasteiger partial charge in [-0.1, -0.05) is 30.0 Å². The normalized spacial score (nSPS) is 18.0. The third-order valence-corrected chi connectivity index (χ3v) is 4.91. The molecule has 1 fully saturated rings. The summed E-state index contributed by atoms with van der Waals surface area (Å²) in [6.45, 7) is 2.94. The largest absolute Gasteiger partial charge is 0.423 e. The third-order valence-electron chi connectivity index (χ3n) is 3.01. The van der Waals surface area contributed by atoms with Crippen LogP contribution in [0, 0.1) is 0 Å². The summed E-state index contributed by atoms with van der Waals surface area (Å²) in [6, 6.07) is -0.206. The number of amides is 3.